The van der Waals surface area contributed by atoms with E-state index in [1.54, 1.807) is 20.8 Å². The van der Waals surface area contributed by atoms with Gasteiger partial charge in [-0.3, -0.25) is 9.79 Å². The normalized spacial score (nSPS) is 23.5. The van der Waals surface area contributed by atoms with E-state index in [1.807, 2.05) is 45.2 Å². The first kappa shape index (κ1) is 29.2. The minimum Gasteiger partial charge on any atom is -0.442 e. The third-order valence-electron chi connectivity index (χ3n) is 7.03. The molecule has 202 valence electrons. The zero-order valence-corrected chi connectivity index (χ0v) is 23.7. The maximum Gasteiger partial charge on any atom is 0.433 e. The van der Waals surface area contributed by atoms with Crippen molar-refractivity contribution in [1.29, 1.82) is 0 Å². The van der Waals surface area contributed by atoms with E-state index in [4.69, 9.17) is 21.3 Å². The van der Waals surface area contributed by atoms with Gasteiger partial charge < -0.3 is 9.84 Å². The van der Waals surface area contributed by atoms with E-state index in [9.17, 15) is 14.7 Å². The number of carbonyl (C=O) groups is 2. The monoisotopic (exact) mass is 528 g/mol. The van der Waals surface area contributed by atoms with E-state index in [-0.39, 0.29) is 17.6 Å². The van der Waals surface area contributed by atoms with Gasteiger partial charge in [-0.1, -0.05) is 50.1 Å². The summed E-state index contributed by atoms with van der Waals surface area (Å²) >= 11 is 6.10. The molecule has 37 heavy (non-hydrogen) atoms. The Kier molecular flexibility index (Phi) is 9.52. The van der Waals surface area contributed by atoms with Crippen LogP contribution in [0.4, 0.5) is 4.79 Å². The number of hydrogen-bond donors (Lipinski definition) is 1. The van der Waals surface area contributed by atoms with Crippen LogP contribution in [0.25, 0.3) is 0 Å². The molecule has 7 heteroatoms. The third-order valence-corrected chi connectivity index (χ3v) is 7.27. The van der Waals surface area contributed by atoms with Crippen LogP contribution in [0.2, 0.25) is 5.02 Å². The molecule has 1 aromatic carbocycles. The van der Waals surface area contributed by atoms with Crippen molar-refractivity contribution in [3.8, 4) is 0 Å². The number of ether oxygens (including phenoxy) is 1. The highest BCUT2D eigenvalue weighted by Crippen LogP contribution is 2.40. The van der Waals surface area contributed by atoms with Crippen LogP contribution in [-0.4, -0.2) is 40.6 Å². The van der Waals surface area contributed by atoms with Gasteiger partial charge in [0.05, 0.1) is 12.0 Å². The number of rotatable bonds is 7. The van der Waals surface area contributed by atoms with Crippen molar-refractivity contribution in [2.75, 3.05) is 0 Å². The number of carbonyl (C=O) groups excluding carboxylic acids is 2. The minimum atomic E-state index is -0.704. The van der Waals surface area contributed by atoms with Gasteiger partial charge in [-0.2, -0.15) is 4.99 Å². The number of halogens is 1. The Morgan fingerprint density at radius 3 is 2.49 bits per heavy atom. The predicted octanol–water partition coefficient (Wildman–Crippen LogP) is 7.02. The molecule has 0 saturated heterocycles. The van der Waals surface area contributed by atoms with Crippen LogP contribution in [0.3, 0.4) is 0 Å². The molecule has 2 aliphatic rings. The van der Waals surface area contributed by atoms with Crippen LogP contribution in [-0.2, 0) is 16.0 Å². The average molecular weight is 529 g/mol. The Labute approximate surface area is 226 Å². The largest absolute Gasteiger partial charge is 0.442 e. The molecular formula is C30H41ClN2O4. The third kappa shape index (κ3) is 8.61. The Balaban J connectivity index is 1.73. The number of hydrogen-bond acceptors (Lipinski definition) is 5. The number of aliphatic imine (C=N–C) groups is 2. The average Bonchev–Trinajstić information content (AvgIpc) is 3.17. The molecule has 3 rings (SSSR count). The van der Waals surface area contributed by atoms with Gasteiger partial charge in [-0.15, -0.1) is 0 Å². The molecule has 0 aromatic heterocycles. The van der Waals surface area contributed by atoms with E-state index in [0.29, 0.717) is 12.8 Å². The number of allylic oxidation sites excluding steroid dienone is 1. The van der Waals surface area contributed by atoms with Crippen LogP contribution in [0.1, 0.15) is 79.2 Å². The van der Waals surface area contributed by atoms with Crippen molar-refractivity contribution in [3.05, 3.63) is 46.6 Å². The lowest BCUT2D eigenvalue weighted by Crippen LogP contribution is -2.38. The van der Waals surface area contributed by atoms with E-state index >= 15 is 0 Å². The van der Waals surface area contributed by atoms with Gasteiger partial charge in [0.1, 0.15) is 11.4 Å². The van der Waals surface area contributed by atoms with Crippen molar-refractivity contribution >= 4 is 35.4 Å². The quantitative estimate of drug-likeness (QED) is 0.385. The highest BCUT2D eigenvalue weighted by Gasteiger charge is 2.45. The lowest BCUT2D eigenvalue weighted by Gasteiger charge is -2.31. The Bertz CT molecular complexity index is 1080. The minimum absolute atomic E-state index is 0.000193. The fourth-order valence-electron chi connectivity index (χ4n) is 5.13. The molecule has 6 nitrogen and oxygen atoms in total. The molecule has 1 aliphatic heterocycles. The SMILES string of the molecule is CC(C)(C)OC(=O)/N=C\[C@H](C(=O)C1C[C@H](O)C[C@H]1C1=NC=C(CCc2cccc(Cl)c2)CC1)C(C)(C)C. The number of ketones is 1. The summed E-state index contributed by atoms with van der Waals surface area (Å²) in [5.41, 5.74) is 2.37. The smallest absolute Gasteiger partial charge is 0.433 e. The summed E-state index contributed by atoms with van der Waals surface area (Å²) in [4.78, 5) is 34.7. The Morgan fingerprint density at radius 1 is 1.16 bits per heavy atom. The summed E-state index contributed by atoms with van der Waals surface area (Å²) in [7, 11) is 0. The van der Waals surface area contributed by atoms with Crippen molar-refractivity contribution in [3.63, 3.8) is 0 Å². The van der Waals surface area contributed by atoms with E-state index in [1.165, 1.54) is 17.4 Å². The number of Topliss-reactive ketones (excluding diaryl/α,β-unsaturated/α-hetero) is 1. The predicted molar refractivity (Wildman–Crippen MR) is 149 cm³/mol. The molecule has 1 aromatic rings. The summed E-state index contributed by atoms with van der Waals surface area (Å²) in [5, 5.41) is 11.3. The van der Waals surface area contributed by atoms with E-state index in [0.717, 1.165) is 36.4 Å². The summed E-state index contributed by atoms with van der Waals surface area (Å²) in [5.74, 6) is -1.04. The Hall–Kier alpha value is -2.31. The lowest BCUT2D eigenvalue weighted by atomic mass is 9.72. The van der Waals surface area contributed by atoms with Crippen LogP contribution >= 0.6 is 11.6 Å². The van der Waals surface area contributed by atoms with E-state index < -0.39 is 29.1 Å². The first-order chi connectivity index (χ1) is 17.2. The standard InChI is InChI=1S/C30H41ClN2O4/c1-29(2,3)25(18-33-28(36)37-30(4,5)6)27(35)24-16-22(34)15-23(24)26-13-12-20(17-32-26)11-10-19-8-7-9-21(31)14-19/h7-9,14,17-18,22-25,34H,10-13,15-16H2,1-6H3/b33-18-/t22-,23-,24?,25-/m1/s1. The van der Waals surface area contributed by atoms with Crippen molar-refractivity contribution in [1.82, 2.24) is 0 Å². The second-order valence-electron chi connectivity index (χ2n) is 12.4. The summed E-state index contributed by atoms with van der Waals surface area (Å²) in [6, 6.07) is 7.92. The van der Waals surface area contributed by atoms with Crippen molar-refractivity contribution in [2.45, 2.75) is 91.8 Å². The van der Waals surface area contributed by atoms with Gasteiger partial charge >= 0.3 is 6.09 Å². The molecule has 1 N–H and O–H groups in total. The summed E-state index contributed by atoms with van der Waals surface area (Å²) < 4.78 is 5.28. The van der Waals surface area contributed by atoms with Gasteiger partial charge in [0.2, 0.25) is 0 Å². The number of nitrogens with zero attached hydrogens (tertiary/aromatic N) is 2. The van der Waals surface area contributed by atoms with E-state index in [2.05, 4.69) is 11.1 Å². The zero-order chi connectivity index (χ0) is 27.4. The van der Waals surface area contributed by atoms with Gasteiger partial charge in [-0.25, -0.2) is 4.79 Å². The summed E-state index contributed by atoms with van der Waals surface area (Å²) in [6.45, 7) is 11.2. The van der Waals surface area contributed by atoms with Crippen LogP contribution < -0.4 is 0 Å². The number of benzene rings is 1. The zero-order valence-electron chi connectivity index (χ0n) is 23.0. The second kappa shape index (κ2) is 12.0. The first-order valence-electron chi connectivity index (χ1n) is 13.2. The van der Waals surface area contributed by atoms with Crippen LogP contribution in [0, 0.1) is 23.2 Å². The van der Waals surface area contributed by atoms with Gasteiger partial charge in [0.25, 0.3) is 0 Å². The topological polar surface area (TPSA) is 88.3 Å². The van der Waals surface area contributed by atoms with Crippen LogP contribution in [0.5, 0.6) is 0 Å². The molecule has 1 heterocycles. The molecule has 4 atom stereocenters. The fourth-order valence-corrected chi connectivity index (χ4v) is 5.34. The number of aryl methyl sites for hydroxylation is 1. The number of aliphatic hydroxyl groups is 1. The molecule has 0 spiro atoms. The summed E-state index contributed by atoms with van der Waals surface area (Å²) in [6.07, 6.45) is 6.58. The molecular weight excluding hydrogens is 488 g/mol. The van der Waals surface area contributed by atoms with Crippen molar-refractivity contribution < 1.29 is 19.4 Å². The first-order valence-corrected chi connectivity index (χ1v) is 13.6. The molecule has 1 aliphatic carbocycles. The van der Waals surface area contributed by atoms with Gasteiger partial charge in [0, 0.05) is 35.0 Å². The maximum absolute atomic E-state index is 13.8. The van der Waals surface area contributed by atoms with Gasteiger partial charge in [-0.05, 0) is 82.4 Å². The number of amides is 1. The molecule has 0 radical (unpaired) electrons. The molecule has 1 amide bonds. The van der Waals surface area contributed by atoms with Crippen molar-refractivity contribution in [2.24, 2.45) is 33.2 Å². The molecule has 1 saturated carbocycles. The maximum atomic E-state index is 13.8. The second-order valence-corrected chi connectivity index (χ2v) is 12.8. The fraction of sp³-hybridized carbons (Fsp3) is 0.600. The molecule has 0 bridgehead atoms. The molecule has 1 unspecified atom stereocenters. The highest BCUT2D eigenvalue weighted by atomic mass is 35.5. The van der Waals surface area contributed by atoms with Crippen LogP contribution in [0.15, 0.2) is 46.0 Å². The Morgan fingerprint density at radius 2 is 1.89 bits per heavy atom. The molecule has 1 fully saturated rings. The van der Waals surface area contributed by atoms with Gasteiger partial charge in [0.15, 0.2) is 0 Å². The lowest BCUT2D eigenvalue weighted by molar-refractivity contribution is -0.127. The highest BCUT2D eigenvalue weighted by molar-refractivity contribution is 6.30. The number of aliphatic hydroxyl groups excluding tert-OH is 1.